The Morgan fingerprint density at radius 2 is 1.71 bits per heavy atom. The molecule has 8 nitrogen and oxygen atoms in total. The monoisotopic (exact) mass is 509 g/mol. The average molecular weight is 510 g/mol. The van der Waals surface area contributed by atoms with Crippen molar-refractivity contribution >= 4 is 41.3 Å². The molecule has 1 fully saturated rings. The number of hydrogen-bond donors (Lipinski definition) is 1. The summed E-state index contributed by atoms with van der Waals surface area (Å²) in [6.45, 7) is 0.0838. The molecule has 1 N–H and O–H groups in total. The third kappa shape index (κ3) is 7.49. The lowest BCUT2D eigenvalue weighted by Crippen LogP contribution is -2.24. The number of nitrogens with zero attached hydrogens (tertiary/aromatic N) is 2. The Hall–Kier alpha value is -3.50. The van der Waals surface area contributed by atoms with Crippen LogP contribution in [0, 0.1) is 10.1 Å². The maximum atomic E-state index is 12.0. The predicted octanol–water partition coefficient (Wildman–Crippen LogP) is 5.18. The SMILES string of the molecule is O=C(COc1ccc(C2SCCS2)cc1)N/N=C\c1ccc(OCc2cccc([N+](=O)[O-])c2)cc1. The number of carbonyl (C=O) groups is 1. The summed E-state index contributed by atoms with van der Waals surface area (Å²) in [6.07, 6.45) is 1.52. The van der Waals surface area contributed by atoms with Gasteiger partial charge in [0.25, 0.3) is 11.6 Å². The van der Waals surface area contributed by atoms with Crippen molar-refractivity contribution in [2.24, 2.45) is 5.10 Å². The lowest BCUT2D eigenvalue weighted by Gasteiger charge is -2.10. The van der Waals surface area contributed by atoms with E-state index in [0.717, 1.165) is 5.56 Å². The molecule has 1 amide bonds. The van der Waals surface area contributed by atoms with Gasteiger partial charge in [-0.25, -0.2) is 5.43 Å². The zero-order valence-electron chi connectivity index (χ0n) is 18.7. The van der Waals surface area contributed by atoms with Gasteiger partial charge in [-0.3, -0.25) is 14.9 Å². The summed E-state index contributed by atoms with van der Waals surface area (Å²) in [5.74, 6) is 3.25. The van der Waals surface area contributed by atoms with E-state index in [0.29, 0.717) is 21.6 Å². The minimum atomic E-state index is -0.435. The van der Waals surface area contributed by atoms with Crippen molar-refractivity contribution in [1.29, 1.82) is 0 Å². The number of ether oxygens (including phenoxy) is 2. The third-order valence-electron chi connectivity index (χ3n) is 4.95. The number of hydrogen-bond acceptors (Lipinski definition) is 8. The van der Waals surface area contributed by atoms with Crippen molar-refractivity contribution in [2.45, 2.75) is 11.2 Å². The molecule has 0 atom stereocenters. The molecule has 1 aliphatic heterocycles. The second-order valence-corrected chi connectivity index (χ2v) is 10.2. The first kappa shape index (κ1) is 24.6. The lowest BCUT2D eigenvalue weighted by molar-refractivity contribution is -0.384. The maximum absolute atomic E-state index is 12.0. The normalized spacial score (nSPS) is 13.6. The molecule has 1 saturated heterocycles. The summed E-state index contributed by atoms with van der Waals surface area (Å²) in [4.78, 5) is 22.4. The van der Waals surface area contributed by atoms with E-state index in [2.05, 4.69) is 10.5 Å². The largest absolute Gasteiger partial charge is 0.489 e. The second-order valence-electron chi connectivity index (χ2n) is 7.51. The van der Waals surface area contributed by atoms with E-state index in [1.165, 1.54) is 35.4 Å². The van der Waals surface area contributed by atoms with E-state index in [9.17, 15) is 14.9 Å². The van der Waals surface area contributed by atoms with Crippen LogP contribution in [0.25, 0.3) is 0 Å². The zero-order valence-corrected chi connectivity index (χ0v) is 20.3. The fourth-order valence-electron chi connectivity index (χ4n) is 3.21. The Kier molecular flexibility index (Phi) is 8.63. The molecule has 3 aromatic rings. The van der Waals surface area contributed by atoms with Gasteiger partial charge in [-0.1, -0.05) is 24.3 Å². The Morgan fingerprint density at radius 3 is 2.43 bits per heavy atom. The van der Waals surface area contributed by atoms with Gasteiger partial charge < -0.3 is 9.47 Å². The molecule has 3 aromatic carbocycles. The highest BCUT2D eigenvalue weighted by molar-refractivity contribution is 8.19. The van der Waals surface area contributed by atoms with Crippen molar-refractivity contribution < 1.29 is 19.2 Å². The van der Waals surface area contributed by atoms with Crippen LogP contribution in [0.2, 0.25) is 0 Å². The Balaban J connectivity index is 1.18. The van der Waals surface area contributed by atoms with Crippen LogP contribution in [-0.2, 0) is 11.4 Å². The van der Waals surface area contributed by atoms with Crippen LogP contribution in [-0.4, -0.2) is 35.2 Å². The van der Waals surface area contributed by atoms with Gasteiger partial charge in [0.2, 0.25) is 0 Å². The van der Waals surface area contributed by atoms with Crippen molar-refractivity contribution in [3.05, 3.63) is 99.6 Å². The first-order valence-corrected chi connectivity index (χ1v) is 12.9. The molecule has 1 aliphatic rings. The van der Waals surface area contributed by atoms with Gasteiger partial charge in [0.05, 0.1) is 15.7 Å². The number of nitrogens with one attached hydrogen (secondary N) is 1. The summed E-state index contributed by atoms with van der Waals surface area (Å²) in [6, 6.07) is 21.3. The van der Waals surface area contributed by atoms with E-state index in [-0.39, 0.29) is 24.8 Å². The first-order chi connectivity index (χ1) is 17.1. The highest BCUT2D eigenvalue weighted by Gasteiger charge is 2.18. The number of non-ortho nitro benzene ring substituents is 1. The molecule has 0 unspecified atom stereocenters. The van der Waals surface area contributed by atoms with Crippen molar-refractivity contribution in [3.8, 4) is 11.5 Å². The average Bonchev–Trinajstić information content (AvgIpc) is 3.43. The number of rotatable bonds is 10. The zero-order chi connectivity index (χ0) is 24.5. The fourth-order valence-corrected chi connectivity index (χ4v) is 6.07. The number of hydrazone groups is 1. The summed E-state index contributed by atoms with van der Waals surface area (Å²) in [5.41, 5.74) is 5.21. The van der Waals surface area contributed by atoms with E-state index in [1.807, 2.05) is 47.8 Å². The van der Waals surface area contributed by atoms with E-state index in [4.69, 9.17) is 9.47 Å². The van der Waals surface area contributed by atoms with Crippen LogP contribution in [0.5, 0.6) is 11.5 Å². The van der Waals surface area contributed by atoms with Crippen LogP contribution in [0.1, 0.15) is 21.3 Å². The molecule has 0 aliphatic carbocycles. The molecule has 4 rings (SSSR count). The van der Waals surface area contributed by atoms with Crippen LogP contribution >= 0.6 is 23.5 Å². The number of nitro groups is 1. The number of nitro benzene ring substituents is 1. The molecular formula is C25H23N3O5S2. The standard InChI is InChI=1S/C25H23N3O5S2/c29-24(17-33-23-10-6-20(7-11-23)25-34-12-13-35-25)27-26-15-18-4-8-22(9-5-18)32-16-19-2-1-3-21(14-19)28(30)31/h1-11,14-15,25H,12-13,16-17H2,(H,27,29)/b26-15-. The molecule has 180 valence electrons. The quantitative estimate of drug-likeness (QED) is 0.228. The van der Waals surface area contributed by atoms with Crippen molar-refractivity contribution in [3.63, 3.8) is 0 Å². The summed E-state index contributed by atoms with van der Waals surface area (Å²) >= 11 is 3.89. The Labute approximate surface area is 211 Å². The number of amides is 1. The smallest absolute Gasteiger partial charge is 0.277 e. The summed E-state index contributed by atoms with van der Waals surface area (Å²) in [5, 5.41) is 14.8. The lowest BCUT2D eigenvalue weighted by atomic mass is 10.2. The van der Waals surface area contributed by atoms with Gasteiger partial charge in [-0.2, -0.15) is 5.10 Å². The van der Waals surface area contributed by atoms with Gasteiger partial charge >= 0.3 is 0 Å². The molecule has 1 heterocycles. The minimum absolute atomic E-state index is 0.0284. The van der Waals surface area contributed by atoms with Gasteiger partial charge in [0, 0.05) is 23.6 Å². The van der Waals surface area contributed by atoms with E-state index in [1.54, 1.807) is 36.4 Å². The predicted molar refractivity (Wildman–Crippen MR) is 139 cm³/mol. The summed E-state index contributed by atoms with van der Waals surface area (Å²) in [7, 11) is 0. The third-order valence-corrected chi connectivity index (χ3v) is 8.06. The van der Waals surface area contributed by atoms with Crippen LogP contribution in [0.4, 0.5) is 5.69 Å². The first-order valence-electron chi connectivity index (χ1n) is 10.8. The van der Waals surface area contributed by atoms with Crippen LogP contribution in [0.15, 0.2) is 77.9 Å². The van der Waals surface area contributed by atoms with Gasteiger partial charge in [0.15, 0.2) is 6.61 Å². The second kappa shape index (κ2) is 12.3. The van der Waals surface area contributed by atoms with Crippen LogP contribution in [0.3, 0.4) is 0 Å². The van der Waals surface area contributed by atoms with E-state index < -0.39 is 4.92 Å². The number of carbonyl (C=O) groups excluding carboxylic acids is 1. The molecule has 10 heteroatoms. The van der Waals surface area contributed by atoms with Crippen molar-refractivity contribution in [2.75, 3.05) is 18.1 Å². The summed E-state index contributed by atoms with van der Waals surface area (Å²) < 4.78 is 11.7. The topological polar surface area (TPSA) is 103 Å². The number of thioether (sulfide) groups is 2. The Morgan fingerprint density at radius 1 is 1.03 bits per heavy atom. The highest BCUT2D eigenvalue weighted by atomic mass is 32.2. The van der Waals surface area contributed by atoms with Gasteiger partial charge in [-0.15, -0.1) is 23.5 Å². The molecular weight excluding hydrogens is 486 g/mol. The van der Waals surface area contributed by atoms with Gasteiger partial charge in [-0.05, 0) is 53.1 Å². The van der Waals surface area contributed by atoms with E-state index >= 15 is 0 Å². The maximum Gasteiger partial charge on any atom is 0.277 e. The molecule has 0 radical (unpaired) electrons. The molecule has 0 aromatic heterocycles. The fraction of sp³-hybridized carbons (Fsp3) is 0.200. The van der Waals surface area contributed by atoms with Gasteiger partial charge in [0.1, 0.15) is 18.1 Å². The molecule has 0 bridgehead atoms. The van der Waals surface area contributed by atoms with Crippen LogP contribution < -0.4 is 14.9 Å². The molecule has 35 heavy (non-hydrogen) atoms. The molecule has 0 spiro atoms. The number of benzene rings is 3. The molecule has 0 saturated carbocycles. The van der Waals surface area contributed by atoms with Crippen molar-refractivity contribution in [1.82, 2.24) is 5.43 Å². The highest BCUT2D eigenvalue weighted by Crippen LogP contribution is 2.45. The minimum Gasteiger partial charge on any atom is -0.489 e. The Bertz CT molecular complexity index is 1180.